The van der Waals surface area contributed by atoms with Crippen molar-refractivity contribution in [2.24, 2.45) is 17.6 Å². The van der Waals surface area contributed by atoms with E-state index in [1.165, 1.54) is 4.90 Å². The number of carboxylic acids is 1. The molecule has 1 saturated heterocycles. The monoisotopic (exact) mass is 1780 g/mol. The third kappa shape index (κ3) is 39.6. The Morgan fingerprint density at radius 1 is 0.597 bits per heavy atom. The lowest BCUT2D eigenvalue weighted by Crippen LogP contribution is -2.63. The molecule has 3 aromatic rings. The van der Waals surface area contributed by atoms with Gasteiger partial charge in [-0.15, -0.1) is 11.8 Å². The van der Waals surface area contributed by atoms with Crippen LogP contribution < -0.4 is 64.2 Å². The van der Waals surface area contributed by atoms with Crippen LogP contribution in [0.3, 0.4) is 0 Å². The fourth-order valence-electron chi connectivity index (χ4n) is 14.1. The minimum atomic E-state index is -4.70. The fourth-order valence-corrected chi connectivity index (χ4v) is 15.8. The number of Topliss-reactive ketones (excluding diaryl/α,β-unsaturated/α-hetero) is 1. The van der Waals surface area contributed by atoms with Gasteiger partial charge in [-0.05, 0) is 157 Å². The number of amides is 14. The number of pyridine rings is 1. The molecule has 686 valence electrons. The van der Waals surface area contributed by atoms with E-state index in [1.54, 1.807) is 54.9 Å². The van der Waals surface area contributed by atoms with E-state index < -0.39 is 101 Å². The highest BCUT2D eigenvalue weighted by Gasteiger charge is 2.44. The number of nitrogens with zero attached hydrogens (tertiary/aromatic N) is 2. The van der Waals surface area contributed by atoms with E-state index in [9.17, 15) is 96.5 Å². The molecule has 2 saturated carbocycles. The summed E-state index contributed by atoms with van der Waals surface area (Å²) in [5, 5.41) is 46.9. The van der Waals surface area contributed by atoms with Crippen molar-refractivity contribution in [1.82, 2.24) is 57.7 Å². The number of unbranched alkanes of at least 4 members (excludes halogenated alkanes) is 2. The Morgan fingerprint density at radius 3 is 1.74 bits per heavy atom. The molecule has 2 unspecified atom stereocenters. The number of ketones is 1. The molecule has 2 aromatic carbocycles. The van der Waals surface area contributed by atoms with Crippen LogP contribution in [0.4, 0.5) is 16.2 Å². The molecular formula is C84H125N14O24PS. The number of urea groups is 1. The maximum atomic E-state index is 14.4. The number of rotatable bonds is 60. The number of hydrogen-bond donors (Lipinski definition) is 16. The average molecular weight is 1780 g/mol. The molecule has 14 amide bonds. The molecule has 0 spiro atoms. The summed E-state index contributed by atoms with van der Waals surface area (Å²) < 4.78 is 33.7. The summed E-state index contributed by atoms with van der Waals surface area (Å²) in [5.74, 6) is -7.46. The number of imide groups is 1. The van der Waals surface area contributed by atoms with E-state index in [4.69, 9.17) is 24.7 Å². The molecule has 124 heavy (non-hydrogen) atoms. The summed E-state index contributed by atoms with van der Waals surface area (Å²) in [5.41, 5.74) is 7.64. The Bertz CT molecular complexity index is 4040. The van der Waals surface area contributed by atoms with Gasteiger partial charge in [0.05, 0.1) is 64.5 Å². The summed E-state index contributed by atoms with van der Waals surface area (Å²) in [4.78, 5) is 219. The van der Waals surface area contributed by atoms with Crippen LogP contribution in [0.15, 0.2) is 73.1 Å². The van der Waals surface area contributed by atoms with E-state index in [0.29, 0.717) is 81.1 Å². The number of primary amides is 1. The van der Waals surface area contributed by atoms with Crippen molar-refractivity contribution in [2.75, 3.05) is 109 Å². The summed E-state index contributed by atoms with van der Waals surface area (Å²) in [6.45, 7) is 5.09. The maximum Gasteiger partial charge on any atom is 0.356 e. The fraction of sp³-hybridized carbons (Fsp3) is 0.619. The SMILES string of the molecule is Cc1ccccc1NC(=O)Nc1ccc(CC(=O)N[C@@H](CCCCNC(=O)CCc2cccnc2)C(=O)N[C@@H](CCCC(=O)O)C(=O)NC2(C(=O)NCCOCCOCCNC(=O)CCC(=O)NCCOCCOCCNC(=O)CCC(=O)N[C@H](CSC3CC(=O)N(CC4CCC(C(=O)CCCCC(C)(O)P(=O)(O)O)CC4)C3=O)C(N)=O)CCCCC2)cc1. The first-order valence-corrected chi connectivity index (χ1v) is 45.2. The first-order chi connectivity index (χ1) is 59.3. The minimum Gasteiger partial charge on any atom is -0.481 e. The standard InChI is InChI=1S/C84H125N14O24PS/c1-57-14-4-5-16-63(57)96-82(114)92-62-28-23-58(24-29-62)52-74(105)93-64(17-7-11-39-87-69(100)30-25-59-15-13-38-86-54-59)78(110)95-65(18-12-20-76(107)108)79(111)97-84(36-8-3-9-37-84)81(113)91-43-47-122-51-50-121-45-41-89-71(102)32-31-70(101)88-40-44-119-48-49-120-46-42-90-72(103)33-34-73(104)94-66(77(85)109)56-124-68-53-75(106)98(80(68)112)55-60-21-26-61(27-22-60)67(99)19-6-10-35-83(2,115)123(116,117)118/h4-5,13-16,23-24,28-29,38,54,60-61,64-66,68,115H,3,6-12,17-22,25-27,30-37,39-53,55-56H2,1-2H3,(H2,85,109)(H,87,100)(H,88,101)(H,89,102)(H,90,103)(H,91,113)(H,93,105)(H,94,104)(H,95,110)(H,97,111)(H,107,108)(H2,92,96,114)(H2,116,117,118)/t60?,61?,64-,65-,66+,68?,83?/m0/s1. The first-order valence-electron chi connectivity index (χ1n) is 42.6. The van der Waals surface area contributed by atoms with Crippen molar-refractivity contribution >= 4 is 119 Å². The number of aliphatic hydroxyl groups is 1. The van der Waals surface area contributed by atoms with Gasteiger partial charge in [0.25, 0.3) is 0 Å². The number of aryl methyl sites for hydroxylation is 2. The number of thioether (sulfide) groups is 1. The lowest BCUT2D eigenvalue weighted by Gasteiger charge is -2.38. The van der Waals surface area contributed by atoms with E-state index in [-0.39, 0.29) is 242 Å². The Hall–Kier alpha value is -9.86. The van der Waals surface area contributed by atoms with E-state index in [1.807, 2.05) is 25.1 Å². The molecule has 40 heteroatoms. The van der Waals surface area contributed by atoms with Gasteiger partial charge in [-0.3, -0.25) is 81.6 Å². The van der Waals surface area contributed by atoms with Gasteiger partial charge >= 0.3 is 19.6 Å². The molecule has 2 aliphatic carbocycles. The first kappa shape index (κ1) is 103. The summed E-state index contributed by atoms with van der Waals surface area (Å²) >= 11 is 1.02. The van der Waals surface area contributed by atoms with Crippen molar-refractivity contribution in [3.63, 3.8) is 0 Å². The highest BCUT2D eigenvalue weighted by molar-refractivity contribution is 8.00. The number of carbonyl (C=O) groups excluding carboxylic acids is 14. The van der Waals surface area contributed by atoms with Crippen molar-refractivity contribution < 1.29 is 115 Å². The normalized spacial score (nSPS) is 16.8. The van der Waals surface area contributed by atoms with Crippen molar-refractivity contribution in [1.29, 1.82) is 0 Å². The third-order valence-electron chi connectivity index (χ3n) is 21.4. The number of benzene rings is 2. The van der Waals surface area contributed by atoms with Crippen molar-refractivity contribution in [3.05, 3.63) is 89.7 Å². The molecule has 6 rings (SSSR count). The summed E-state index contributed by atoms with van der Waals surface area (Å²) in [6.07, 6.45) is 9.29. The largest absolute Gasteiger partial charge is 0.481 e. The molecule has 3 aliphatic rings. The molecule has 2 heterocycles. The quantitative estimate of drug-likeness (QED) is 0.0219. The van der Waals surface area contributed by atoms with Gasteiger partial charge in [0.15, 0.2) is 5.34 Å². The zero-order valence-electron chi connectivity index (χ0n) is 70.9. The third-order valence-corrected chi connectivity index (χ3v) is 24.2. The second-order valence-corrected chi connectivity index (χ2v) is 34.7. The Kier molecular flexibility index (Phi) is 46.1. The van der Waals surface area contributed by atoms with E-state index >= 15 is 0 Å². The number of anilines is 2. The maximum absolute atomic E-state index is 14.4. The molecule has 17 N–H and O–H groups in total. The number of carbonyl (C=O) groups is 15. The zero-order chi connectivity index (χ0) is 90.3. The highest BCUT2D eigenvalue weighted by Crippen LogP contribution is 2.51. The van der Waals surface area contributed by atoms with Gasteiger partial charge in [0.1, 0.15) is 29.4 Å². The van der Waals surface area contributed by atoms with Gasteiger partial charge < -0.3 is 103 Å². The summed E-state index contributed by atoms with van der Waals surface area (Å²) in [7, 11) is -4.70. The van der Waals surface area contributed by atoms with Crippen LogP contribution in [0.5, 0.6) is 0 Å². The molecule has 0 bridgehead atoms. The molecule has 3 fully saturated rings. The second-order valence-electron chi connectivity index (χ2n) is 31.4. The molecular weight excluding hydrogens is 1650 g/mol. The number of aliphatic carboxylic acids is 1. The predicted octanol–water partition coefficient (Wildman–Crippen LogP) is 3.28. The highest BCUT2D eigenvalue weighted by atomic mass is 32.2. The molecule has 1 aliphatic heterocycles. The number of hydrogen-bond acceptors (Lipinski definition) is 23. The number of ether oxygens (including phenoxy) is 4. The van der Waals surface area contributed by atoms with Gasteiger partial charge in [-0.25, -0.2) is 4.79 Å². The van der Waals surface area contributed by atoms with Crippen LogP contribution in [0.25, 0.3) is 0 Å². The van der Waals surface area contributed by atoms with Crippen LogP contribution in [-0.2, 0) is 103 Å². The van der Waals surface area contributed by atoms with Crippen LogP contribution in [0, 0.1) is 18.8 Å². The lowest BCUT2D eigenvalue weighted by molar-refractivity contribution is -0.140. The Labute approximate surface area is 726 Å². The van der Waals surface area contributed by atoms with Gasteiger partial charge in [0.2, 0.25) is 70.9 Å². The van der Waals surface area contributed by atoms with Crippen LogP contribution in [0.1, 0.15) is 184 Å². The van der Waals surface area contributed by atoms with Gasteiger partial charge in [0, 0.05) is 126 Å². The predicted molar refractivity (Wildman–Crippen MR) is 457 cm³/mol. The number of para-hydroxylation sites is 1. The van der Waals surface area contributed by atoms with E-state index in [0.717, 1.165) is 36.2 Å². The molecule has 1 aromatic heterocycles. The summed E-state index contributed by atoms with van der Waals surface area (Å²) in [6, 6.07) is 13.4. The second kappa shape index (κ2) is 55.5. The number of carboxylic acid groups (broad SMARTS) is 1. The Balaban J connectivity index is 0.786. The number of likely N-dealkylation sites (tertiary alicyclic amines) is 1. The number of aromatic nitrogens is 1. The number of nitrogens with two attached hydrogens (primary N) is 1. The van der Waals surface area contributed by atoms with Crippen LogP contribution in [-0.4, -0.2) is 251 Å². The van der Waals surface area contributed by atoms with Crippen LogP contribution >= 0.6 is 19.4 Å². The van der Waals surface area contributed by atoms with Crippen molar-refractivity contribution in [2.45, 2.75) is 221 Å². The van der Waals surface area contributed by atoms with Crippen molar-refractivity contribution in [3.8, 4) is 0 Å². The van der Waals surface area contributed by atoms with Gasteiger partial charge in [-0.1, -0.05) is 55.7 Å². The van der Waals surface area contributed by atoms with Gasteiger partial charge in [-0.2, -0.15) is 0 Å². The topological polar surface area (TPSA) is 565 Å². The average Bonchev–Trinajstić information content (AvgIpc) is 0.861. The molecule has 38 nitrogen and oxygen atoms in total. The number of nitrogens with one attached hydrogen (secondary N) is 11. The Morgan fingerprint density at radius 2 is 1.16 bits per heavy atom. The molecule has 0 radical (unpaired) electrons. The van der Waals surface area contributed by atoms with E-state index in [2.05, 4.69) is 63.5 Å². The smallest absolute Gasteiger partial charge is 0.356 e. The zero-order valence-corrected chi connectivity index (χ0v) is 72.6. The lowest BCUT2D eigenvalue weighted by atomic mass is 9.79. The minimum absolute atomic E-state index is 0.0111. The molecule has 5 atom stereocenters. The van der Waals surface area contributed by atoms with Crippen LogP contribution in [0.2, 0.25) is 0 Å².